The van der Waals surface area contributed by atoms with E-state index in [-0.39, 0.29) is 23.2 Å². The first-order valence-corrected chi connectivity index (χ1v) is 11.6. The molecule has 4 aromatic rings. The Labute approximate surface area is 190 Å². The average Bonchev–Trinajstić information content (AvgIpc) is 3.15. The zero-order chi connectivity index (χ0) is 22.3. The fourth-order valence-electron chi connectivity index (χ4n) is 3.19. The Bertz CT molecular complexity index is 1390. The lowest BCUT2D eigenvalue weighted by Crippen LogP contribution is -2.32. The van der Waals surface area contributed by atoms with Crippen LogP contribution in [0.5, 0.6) is 0 Å². The highest BCUT2D eigenvalue weighted by molar-refractivity contribution is 7.92. The van der Waals surface area contributed by atoms with Crippen LogP contribution in [-0.4, -0.2) is 28.0 Å². The van der Waals surface area contributed by atoms with Gasteiger partial charge in [-0.05, 0) is 56.2 Å². The van der Waals surface area contributed by atoms with Crippen molar-refractivity contribution in [1.29, 1.82) is 0 Å². The highest BCUT2D eigenvalue weighted by atomic mass is 35.5. The van der Waals surface area contributed by atoms with Crippen molar-refractivity contribution in [2.45, 2.75) is 32.2 Å². The van der Waals surface area contributed by atoms with Crippen molar-refractivity contribution in [1.82, 2.24) is 19.6 Å². The SMILES string of the molecule is Cc1ccccc1CN(c1nc2nc(C)c(Cl)c(C)n2n1)S(=O)(=O)c1ccc(Cl)cc1. The van der Waals surface area contributed by atoms with Crippen LogP contribution in [0.1, 0.15) is 22.5 Å². The summed E-state index contributed by atoms with van der Waals surface area (Å²) < 4.78 is 29.8. The predicted molar refractivity (Wildman–Crippen MR) is 121 cm³/mol. The summed E-state index contributed by atoms with van der Waals surface area (Å²) in [5, 5.41) is 5.33. The number of rotatable bonds is 5. The van der Waals surface area contributed by atoms with E-state index in [1.54, 1.807) is 13.8 Å². The lowest BCUT2D eigenvalue weighted by atomic mass is 10.1. The van der Waals surface area contributed by atoms with Gasteiger partial charge in [0.25, 0.3) is 21.7 Å². The molecule has 0 aliphatic rings. The minimum Gasteiger partial charge on any atom is -0.228 e. The number of hydrogen-bond donors (Lipinski definition) is 0. The molecule has 0 amide bonds. The molecule has 0 radical (unpaired) electrons. The van der Waals surface area contributed by atoms with E-state index in [0.29, 0.717) is 21.4 Å². The van der Waals surface area contributed by atoms with Crippen molar-refractivity contribution >= 4 is 45.0 Å². The Hall–Kier alpha value is -2.68. The second-order valence-electron chi connectivity index (χ2n) is 7.11. The summed E-state index contributed by atoms with van der Waals surface area (Å²) in [5.41, 5.74) is 3.01. The van der Waals surface area contributed by atoms with E-state index in [1.807, 2.05) is 31.2 Å². The van der Waals surface area contributed by atoms with Gasteiger partial charge in [-0.15, -0.1) is 5.10 Å². The van der Waals surface area contributed by atoms with E-state index in [4.69, 9.17) is 23.2 Å². The Balaban J connectivity index is 1.90. The normalized spacial score (nSPS) is 11.8. The molecule has 0 bridgehead atoms. The first kappa shape index (κ1) is 21.5. The number of aromatic nitrogens is 4. The maximum Gasteiger partial charge on any atom is 0.267 e. The summed E-state index contributed by atoms with van der Waals surface area (Å²) >= 11 is 12.3. The minimum atomic E-state index is -3.99. The van der Waals surface area contributed by atoms with Crippen LogP contribution in [0.25, 0.3) is 5.78 Å². The molecule has 0 N–H and O–H groups in total. The predicted octanol–water partition coefficient (Wildman–Crippen LogP) is 4.75. The third kappa shape index (κ3) is 3.98. The minimum absolute atomic E-state index is 0.00969. The third-order valence-corrected chi connectivity index (χ3v) is 7.54. The molecule has 2 aromatic carbocycles. The largest absolute Gasteiger partial charge is 0.267 e. The van der Waals surface area contributed by atoms with Gasteiger partial charge in [0, 0.05) is 5.02 Å². The van der Waals surface area contributed by atoms with Crippen LogP contribution in [0.4, 0.5) is 5.95 Å². The van der Waals surface area contributed by atoms with Gasteiger partial charge in [0.05, 0.1) is 27.9 Å². The van der Waals surface area contributed by atoms with E-state index in [1.165, 1.54) is 33.1 Å². The average molecular weight is 476 g/mol. The van der Waals surface area contributed by atoms with Crippen LogP contribution in [0, 0.1) is 20.8 Å². The molecule has 10 heteroatoms. The maximum atomic E-state index is 13.6. The lowest BCUT2D eigenvalue weighted by molar-refractivity contribution is 0.589. The number of nitrogens with zero attached hydrogens (tertiary/aromatic N) is 5. The van der Waals surface area contributed by atoms with E-state index in [0.717, 1.165) is 11.1 Å². The van der Waals surface area contributed by atoms with Crippen LogP contribution in [0.15, 0.2) is 53.4 Å². The molecular formula is C21H19Cl2N5O2S. The number of halogens is 2. The van der Waals surface area contributed by atoms with Gasteiger partial charge in [0.1, 0.15) is 0 Å². The van der Waals surface area contributed by atoms with E-state index in [9.17, 15) is 8.42 Å². The zero-order valence-electron chi connectivity index (χ0n) is 17.0. The lowest BCUT2D eigenvalue weighted by Gasteiger charge is -2.22. The number of anilines is 1. The highest BCUT2D eigenvalue weighted by Gasteiger charge is 2.29. The van der Waals surface area contributed by atoms with Gasteiger partial charge in [0.15, 0.2) is 0 Å². The van der Waals surface area contributed by atoms with Gasteiger partial charge in [-0.2, -0.15) is 9.50 Å². The topological polar surface area (TPSA) is 80.5 Å². The molecule has 2 aromatic heterocycles. The first-order chi connectivity index (χ1) is 14.7. The summed E-state index contributed by atoms with van der Waals surface area (Å²) in [6, 6.07) is 13.6. The molecule has 7 nitrogen and oxygen atoms in total. The standard InChI is InChI=1S/C21H19Cl2N5O2S/c1-13-6-4-5-7-16(13)12-27(31(29,30)18-10-8-17(22)9-11-18)21-25-20-24-14(2)19(23)15(3)28(20)26-21/h4-11H,12H2,1-3H3. The van der Waals surface area contributed by atoms with Crippen molar-refractivity contribution in [3.63, 3.8) is 0 Å². The number of benzene rings is 2. The number of hydrogen-bond acceptors (Lipinski definition) is 5. The van der Waals surface area contributed by atoms with Crippen LogP contribution < -0.4 is 4.31 Å². The number of aryl methyl sites for hydroxylation is 3. The molecular weight excluding hydrogens is 457 g/mol. The molecule has 4 rings (SSSR count). The smallest absolute Gasteiger partial charge is 0.228 e. The van der Waals surface area contributed by atoms with Gasteiger partial charge in [0.2, 0.25) is 0 Å². The molecule has 160 valence electrons. The molecule has 31 heavy (non-hydrogen) atoms. The summed E-state index contributed by atoms with van der Waals surface area (Å²) in [5.74, 6) is 0.283. The Kier molecular flexibility index (Phi) is 5.63. The molecule has 0 saturated carbocycles. The quantitative estimate of drug-likeness (QED) is 0.415. The van der Waals surface area contributed by atoms with Crippen LogP contribution >= 0.6 is 23.2 Å². The maximum absolute atomic E-state index is 13.6. The van der Waals surface area contributed by atoms with Gasteiger partial charge in [-0.25, -0.2) is 17.7 Å². The molecule has 0 fully saturated rings. The Morgan fingerprint density at radius 2 is 1.65 bits per heavy atom. The Morgan fingerprint density at radius 1 is 0.968 bits per heavy atom. The molecule has 0 atom stereocenters. The fourth-order valence-corrected chi connectivity index (χ4v) is 4.77. The molecule has 0 saturated heterocycles. The van der Waals surface area contributed by atoms with Crippen molar-refractivity contribution in [3.8, 4) is 0 Å². The van der Waals surface area contributed by atoms with Crippen molar-refractivity contribution < 1.29 is 8.42 Å². The van der Waals surface area contributed by atoms with Crippen LogP contribution in [0.3, 0.4) is 0 Å². The number of sulfonamides is 1. The third-order valence-electron chi connectivity index (χ3n) is 5.00. The van der Waals surface area contributed by atoms with E-state index < -0.39 is 10.0 Å². The van der Waals surface area contributed by atoms with E-state index in [2.05, 4.69) is 15.1 Å². The van der Waals surface area contributed by atoms with Gasteiger partial charge in [-0.1, -0.05) is 47.5 Å². The van der Waals surface area contributed by atoms with Crippen LogP contribution in [-0.2, 0) is 16.6 Å². The van der Waals surface area contributed by atoms with Gasteiger partial charge >= 0.3 is 0 Å². The molecule has 0 aliphatic carbocycles. The molecule has 0 aliphatic heterocycles. The van der Waals surface area contributed by atoms with Crippen molar-refractivity contribution in [2.24, 2.45) is 0 Å². The summed E-state index contributed by atoms with van der Waals surface area (Å²) in [7, 11) is -3.99. The van der Waals surface area contributed by atoms with Crippen molar-refractivity contribution in [3.05, 3.63) is 81.1 Å². The summed E-state index contributed by atoms with van der Waals surface area (Å²) in [6.45, 7) is 5.52. The molecule has 0 unspecified atom stereocenters. The van der Waals surface area contributed by atoms with Crippen molar-refractivity contribution in [2.75, 3.05) is 4.31 Å². The summed E-state index contributed by atoms with van der Waals surface area (Å²) in [6.07, 6.45) is 0. The van der Waals surface area contributed by atoms with E-state index >= 15 is 0 Å². The highest BCUT2D eigenvalue weighted by Crippen LogP contribution is 2.27. The zero-order valence-corrected chi connectivity index (χ0v) is 19.4. The van der Waals surface area contributed by atoms with Gasteiger partial charge in [-0.3, -0.25) is 0 Å². The fraction of sp³-hybridized carbons (Fsp3) is 0.190. The molecule has 2 heterocycles. The Morgan fingerprint density at radius 3 is 2.32 bits per heavy atom. The summed E-state index contributed by atoms with van der Waals surface area (Å²) in [4.78, 5) is 8.85. The number of fused-ring (bicyclic) bond motifs is 1. The second-order valence-corrected chi connectivity index (χ2v) is 9.79. The van der Waals surface area contributed by atoms with Gasteiger partial charge < -0.3 is 0 Å². The second kappa shape index (κ2) is 8.11. The molecule has 0 spiro atoms. The monoisotopic (exact) mass is 475 g/mol. The first-order valence-electron chi connectivity index (χ1n) is 9.41. The van der Waals surface area contributed by atoms with Crippen LogP contribution in [0.2, 0.25) is 10.0 Å².